The molecule has 20 heavy (non-hydrogen) atoms. The molecule has 3 N–H and O–H groups in total. The van der Waals surface area contributed by atoms with Crippen molar-refractivity contribution >= 4 is 40.2 Å². The van der Waals surface area contributed by atoms with Crippen LogP contribution in [0, 0.1) is 0 Å². The summed E-state index contributed by atoms with van der Waals surface area (Å²) in [5.74, 6) is -0.186. The van der Waals surface area contributed by atoms with Crippen LogP contribution in [0.25, 0.3) is 0 Å². The van der Waals surface area contributed by atoms with Crippen molar-refractivity contribution in [2.75, 3.05) is 17.3 Å². The topological polar surface area (TPSA) is 58.4 Å². The molecule has 0 aliphatic carbocycles. The molecule has 6 heteroatoms. The third-order valence-corrected chi connectivity index (χ3v) is 4.54. The van der Waals surface area contributed by atoms with Gasteiger partial charge in [0.15, 0.2) is 0 Å². The van der Waals surface area contributed by atoms with Crippen LogP contribution < -0.4 is 16.0 Å². The Morgan fingerprint density at radius 2 is 2.30 bits per heavy atom. The Labute approximate surface area is 126 Å². The van der Waals surface area contributed by atoms with Crippen molar-refractivity contribution in [3.05, 3.63) is 45.1 Å². The number of nitrogens with one attached hydrogen (secondary N) is 1. The summed E-state index contributed by atoms with van der Waals surface area (Å²) in [6, 6.07) is 7.15. The van der Waals surface area contributed by atoms with E-state index in [0.29, 0.717) is 5.02 Å². The van der Waals surface area contributed by atoms with Crippen molar-refractivity contribution in [1.82, 2.24) is 0 Å². The monoisotopic (exact) mass is 307 g/mol. The van der Waals surface area contributed by atoms with Gasteiger partial charge in [-0.15, -0.1) is 11.3 Å². The number of hydrogen-bond donors (Lipinski definition) is 2. The van der Waals surface area contributed by atoms with Gasteiger partial charge in [-0.05, 0) is 23.6 Å². The molecule has 1 unspecified atom stereocenters. The Kier molecular flexibility index (Phi) is 3.41. The van der Waals surface area contributed by atoms with Crippen LogP contribution in [-0.4, -0.2) is 13.0 Å². The van der Waals surface area contributed by atoms with Gasteiger partial charge in [-0.25, -0.2) is 0 Å². The number of nitrogens with two attached hydrogens (primary N) is 1. The first-order valence-corrected chi connectivity index (χ1v) is 7.45. The van der Waals surface area contributed by atoms with Crippen LogP contribution in [0.1, 0.15) is 16.5 Å². The Morgan fingerprint density at radius 1 is 1.50 bits per heavy atom. The maximum atomic E-state index is 11.6. The van der Waals surface area contributed by atoms with E-state index in [1.54, 1.807) is 17.4 Å². The summed E-state index contributed by atoms with van der Waals surface area (Å²) in [5.41, 5.74) is 8.20. The van der Waals surface area contributed by atoms with Crippen LogP contribution >= 0.6 is 22.9 Å². The van der Waals surface area contributed by atoms with Gasteiger partial charge in [0.2, 0.25) is 5.91 Å². The lowest BCUT2D eigenvalue weighted by atomic mass is 10.1. The molecule has 104 valence electrons. The quantitative estimate of drug-likeness (QED) is 0.916. The molecule has 1 aromatic heterocycles. The summed E-state index contributed by atoms with van der Waals surface area (Å²) in [6.45, 7) is 0.774. The number of thiophene rings is 1. The lowest BCUT2D eigenvalue weighted by Gasteiger charge is -2.21. The van der Waals surface area contributed by atoms with Crippen molar-refractivity contribution < 1.29 is 4.79 Å². The summed E-state index contributed by atoms with van der Waals surface area (Å²) in [4.78, 5) is 14.9. The molecule has 2 aromatic rings. The minimum atomic E-state index is -0.626. The van der Waals surface area contributed by atoms with E-state index in [1.807, 2.05) is 24.6 Å². The van der Waals surface area contributed by atoms with E-state index in [4.69, 9.17) is 17.3 Å². The molecule has 2 heterocycles. The SMILES string of the molecule is CN(Cc1cccs1)c1cc2c(cc1Cl)C(N)C(=O)N2. The van der Waals surface area contributed by atoms with Gasteiger partial charge in [-0.1, -0.05) is 17.7 Å². The number of nitrogens with zero attached hydrogens (tertiary/aromatic N) is 1. The summed E-state index contributed by atoms with van der Waals surface area (Å²) >= 11 is 8.03. The highest BCUT2D eigenvalue weighted by Crippen LogP contribution is 2.38. The predicted octanol–water partition coefficient (Wildman–Crippen LogP) is 2.99. The fourth-order valence-electron chi connectivity index (χ4n) is 2.31. The first kappa shape index (κ1) is 13.4. The zero-order chi connectivity index (χ0) is 14.3. The Bertz CT molecular complexity index is 657. The highest BCUT2D eigenvalue weighted by atomic mass is 35.5. The van der Waals surface area contributed by atoms with Gasteiger partial charge < -0.3 is 16.0 Å². The fraction of sp³-hybridized carbons (Fsp3) is 0.214. The highest BCUT2D eigenvalue weighted by Gasteiger charge is 2.28. The Morgan fingerprint density at radius 3 is 3.00 bits per heavy atom. The lowest BCUT2D eigenvalue weighted by Crippen LogP contribution is -2.19. The number of rotatable bonds is 3. The predicted molar refractivity (Wildman–Crippen MR) is 83.4 cm³/mol. The fourth-order valence-corrected chi connectivity index (χ4v) is 3.38. The average Bonchev–Trinajstić information content (AvgIpc) is 3.00. The molecule has 0 spiro atoms. The van der Waals surface area contributed by atoms with Crippen LogP contribution in [0.2, 0.25) is 5.02 Å². The number of halogens is 1. The normalized spacial score (nSPS) is 16.9. The second-order valence-corrected chi connectivity index (χ2v) is 6.23. The van der Waals surface area contributed by atoms with Crippen molar-refractivity contribution in [1.29, 1.82) is 0 Å². The third kappa shape index (κ3) is 2.28. The number of carbonyl (C=O) groups is 1. The summed E-state index contributed by atoms with van der Waals surface area (Å²) in [6.07, 6.45) is 0. The van der Waals surface area contributed by atoms with Gasteiger partial charge in [-0.3, -0.25) is 4.79 Å². The Hall–Kier alpha value is -1.56. The van der Waals surface area contributed by atoms with Crippen molar-refractivity contribution in [3.63, 3.8) is 0 Å². The molecular weight excluding hydrogens is 294 g/mol. The van der Waals surface area contributed by atoms with Gasteiger partial charge in [-0.2, -0.15) is 0 Å². The number of amides is 1. The molecule has 0 saturated heterocycles. The zero-order valence-corrected chi connectivity index (χ0v) is 12.5. The van der Waals surface area contributed by atoms with Crippen molar-refractivity contribution in [2.24, 2.45) is 5.73 Å². The van der Waals surface area contributed by atoms with Crippen molar-refractivity contribution in [3.8, 4) is 0 Å². The van der Waals surface area contributed by atoms with E-state index in [2.05, 4.69) is 16.3 Å². The van der Waals surface area contributed by atoms with Gasteiger partial charge in [0.1, 0.15) is 6.04 Å². The summed E-state index contributed by atoms with van der Waals surface area (Å²) < 4.78 is 0. The Balaban J connectivity index is 1.91. The lowest BCUT2D eigenvalue weighted by molar-refractivity contribution is -0.116. The molecule has 0 saturated carbocycles. The van der Waals surface area contributed by atoms with Gasteiger partial charge in [0.25, 0.3) is 0 Å². The van der Waals surface area contributed by atoms with Crippen LogP contribution in [0.5, 0.6) is 0 Å². The maximum absolute atomic E-state index is 11.6. The molecule has 1 amide bonds. The molecule has 0 bridgehead atoms. The van der Waals surface area contributed by atoms with Crippen LogP contribution in [0.3, 0.4) is 0 Å². The number of anilines is 2. The van der Waals surface area contributed by atoms with E-state index in [0.717, 1.165) is 23.5 Å². The maximum Gasteiger partial charge on any atom is 0.245 e. The molecule has 1 aliphatic rings. The molecular formula is C14H14ClN3OS. The van der Waals surface area contributed by atoms with E-state index < -0.39 is 6.04 Å². The molecule has 0 fully saturated rings. The first-order valence-electron chi connectivity index (χ1n) is 6.19. The molecule has 1 aromatic carbocycles. The number of fused-ring (bicyclic) bond motifs is 1. The third-order valence-electron chi connectivity index (χ3n) is 3.38. The van der Waals surface area contributed by atoms with Crippen LogP contribution in [0.4, 0.5) is 11.4 Å². The van der Waals surface area contributed by atoms with E-state index >= 15 is 0 Å². The molecule has 1 aliphatic heterocycles. The van der Waals surface area contributed by atoms with E-state index in [9.17, 15) is 4.79 Å². The highest BCUT2D eigenvalue weighted by molar-refractivity contribution is 7.09. The zero-order valence-electron chi connectivity index (χ0n) is 10.9. The van der Waals surface area contributed by atoms with Crippen molar-refractivity contribution in [2.45, 2.75) is 12.6 Å². The van der Waals surface area contributed by atoms with Gasteiger partial charge >= 0.3 is 0 Å². The first-order chi connectivity index (χ1) is 9.56. The average molecular weight is 308 g/mol. The second kappa shape index (κ2) is 5.09. The standard InChI is InChI=1S/C14H14ClN3OS/c1-18(7-8-3-2-4-20-8)12-6-11-9(5-10(12)15)13(16)14(19)17-11/h2-6,13H,7,16H2,1H3,(H,17,19). The molecule has 0 radical (unpaired) electrons. The van der Waals surface area contributed by atoms with Gasteiger partial charge in [0.05, 0.1) is 17.3 Å². The minimum absolute atomic E-state index is 0.186. The summed E-state index contributed by atoms with van der Waals surface area (Å²) in [7, 11) is 1.98. The minimum Gasteiger partial charge on any atom is -0.368 e. The van der Waals surface area contributed by atoms with Gasteiger partial charge in [0, 0.05) is 23.2 Å². The van der Waals surface area contributed by atoms with E-state index in [-0.39, 0.29) is 5.91 Å². The molecule has 4 nitrogen and oxygen atoms in total. The second-order valence-electron chi connectivity index (χ2n) is 4.79. The molecule has 1 atom stereocenters. The number of hydrogen-bond acceptors (Lipinski definition) is 4. The molecule has 3 rings (SSSR count). The van der Waals surface area contributed by atoms with E-state index in [1.165, 1.54) is 4.88 Å². The van der Waals surface area contributed by atoms with Crippen LogP contribution in [-0.2, 0) is 11.3 Å². The largest absolute Gasteiger partial charge is 0.368 e. The number of benzene rings is 1. The number of carbonyl (C=O) groups excluding carboxylic acids is 1. The smallest absolute Gasteiger partial charge is 0.245 e. The van der Waals surface area contributed by atoms with Crippen LogP contribution in [0.15, 0.2) is 29.6 Å². The summed E-state index contributed by atoms with van der Waals surface area (Å²) in [5, 5.41) is 5.44.